The zero-order chi connectivity index (χ0) is 13.1. The number of likely N-dealkylation sites (tertiary alicyclic amines) is 1. The summed E-state index contributed by atoms with van der Waals surface area (Å²) in [7, 11) is 0. The molecule has 0 radical (unpaired) electrons. The fourth-order valence-corrected chi connectivity index (χ4v) is 3.39. The highest BCUT2D eigenvalue weighted by molar-refractivity contribution is 5.16. The lowest BCUT2D eigenvalue weighted by atomic mass is 9.72. The molecule has 2 saturated heterocycles. The van der Waals surface area contributed by atoms with Gasteiger partial charge in [0.05, 0.1) is 6.61 Å². The van der Waals surface area contributed by atoms with Crippen molar-refractivity contribution < 1.29 is 9.84 Å². The van der Waals surface area contributed by atoms with Gasteiger partial charge < -0.3 is 9.84 Å². The van der Waals surface area contributed by atoms with E-state index in [2.05, 4.69) is 29.2 Å². The topological polar surface area (TPSA) is 32.7 Å². The van der Waals surface area contributed by atoms with Crippen molar-refractivity contribution in [2.24, 2.45) is 5.41 Å². The highest BCUT2D eigenvalue weighted by Gasteiger charge is 2.45. The average Bonchev–Trinajstić information content (AvgIpc) is 2.44. The molecule has 19 heavy (non-hydrogen) atoms. The first-order valence-electron chi connectivity index (χ1n) is 7.28. The minimum atomic E-state index is 0.251. The molecule has 2 fully saturated rings. The maximum Gasteiger partial charge on any atom is 0.0590 e. The monoisotopic (exact) mass is 261 g/mol. The number of ether oxygens (including phenoxy) is 1. The summed E-state index contributed by atoms with van der Waals surface area (Å²) in [5, 5.41) is 9.64. The van der Waals surface area contributed by atoms with Crippen molar-refractivity contribution in [1.29, 1.82) is 0 Å². The Kier molecular flexibility index (Phi) is 3.87. The van der Waals surface area contributed by atoms with Crippen LogP contribution in [0.4, 0.5) is 0 Å². The lowest BCUT2D eigenvalue weighted by Gasteiger charge is -2.54. The van der Waals surface area contributed by atoms with Crippen LogP contribution in [0.5, 0.6) is 0 Å². The molecule has 0 unspecified atom stereocenters. The van der Waals surface area contributed by atoms with Crippen LogP contribution < -0.4 is 0 Å². The SMILES string of the molecule is OC[C@H](Cc1ccccc1)N1CC2(CCOCC2)C1. The van der Waals surface area contributed by atoms with E-state index in [9.17, 15) is 5.11 Å². The summed E-state index contributed by atoms with van der Waals surface area (Å²) >= 11 is 0. The van der Waals surface area contributed by atoms with Gasteiger partial charge in [-0.05, 0) is 24.8 Å². The first kappa shape index (κ1) is 13.1. The Morgan fingerprint density at radius 3 is 2.47 bits per heavy atom. The van der Waals surface area contributed by atoms with E-state index in [-0.39, 0.29) is 12.6 Å². The molecule has 2 aliphatic rings. The Labute approximate surface area is 115 Å². The molecule has 1 spiro atoms. The van der Waals surface area contributed by atoms with Gasteiger partial charge in [-0.2, -0.15) is 0 Å². The van der Waals surface area contributed by atoms with E-state index in [1.54, 1.807) is 0 Å². The summed E-state index contributed by atoms with van der Waals surface area (Å²) in [6.45, 7) is 4.34. The molecule has 1 aromatic rings. The van der Waals surface area contributed by atoms with Gasteiger partial charge in [0.1, 0.15) is 0 Å². The fraction of sp³-hybridized carbons (Fsp3) is 0.625. The third-order valence-corrected chi connectivity index (χ3v) is 4.67. The minimum absolute atomic E-state index is 0.251. The van der Waals surface area contributed by atoms with E-state index in [0.717, 1.165) is 32.7 Å². The number of hydrogen-bond acceptors (Lipinski definition) is 3. The molecule has 3 heteroatoms. The second kappa shape index (κ2) is 5.61. The van der Waals surface area contributed by atoms with E-state index in [0.29, 0.717) is 5.41 Å². The van der Waals surface area contributed by atoms with Crippen molar-refractivity contribution in [3.63, 3.8) is 0 Å². The molecule has 2 aliphatic heterocycles. The Balaban J connectivity index is 1.56. The molecular weight excluding hydrogens is 238 g/mol. The summed E-state index contributed by atoms with van der Waals surface area (Å²) < 4.78 is 5.45. The van der Waals surface area contributed by atoms with Crippen LogP contribution in [0.1, 0.15) is 18.4 Å². The summed E-state index contributed by atoms with van der Waals surface area (Å²) in [5.41, 5.74) is 1.80. The highest BCUT2D eigenvalue weighted by Crippen LogP contribution is 2.40. The van der Waals surface area contributed by atoms with E-state index in [1.165, 1.54) is 18.4 Å². The average molecular weight is 261 g/mol. The fourth-order valence-electron chi connectivity index (χ4n) is 3.39. The summed E-state index contributed by atoms with van der Waals surface area (Å²) in [6.07, 6.45) is 3.32. The van der Waals surface area contributed by atoms with E-state index < -0.39 is 0 Å². The van der Waals surface area contributed by atoms with Crippen molar-refractivity contribution in [2.75, 3.05) is 32.9 Å². The van der Waals surface area contributed by atoms with Crippen LogP contribution in [0.2, 0.25) is 0 Å². The van der Waals surface area contributed by atoms with Crippen molar-refractivity contribution in [3.05, 3.63) is 35.9 Å². The van der Waals surface area contributed by atoms with Crippen molar-refractivity contribution >= 4 is 0 Å². The van der Waals surface area contributed by atoms with Crippen LogP contribution in [0.3, 0.4) is 0 Å². The van der Waals surface area contributed by atoms with Gasteiger partial charge in [0.15, 0.2) is 0 Å². The van der Waals surface area contributed by atoms with E-state index >= 15 is 0 Å². The van der Waals surface area contributed by atoms with Gasteiger partial charge in [-0.15, -0.1) is 0 Å². The summed E-state index contributed by atoms with van der Waals surface area (Å²) in [5.74, 6) is 0. The molecule has 104 valence electrons. The molecule has 0 aliphatic carbocycles. The Bertz CT molecular complexity index is 392. The molecule has 1 N–H and O–H groups in total. The summed E-state index contributed by atoms with van der Waals surface area (Å²) in [4.78, 5) is 2.44. The van der Waals surface area contributed by atoms with Gasteiger partial charge in [0, 0.05) is 37.8 Å². The van der Waals surface area contributed by atoms with Gasteiger partial charge in [0.25, 0.3) is 0 Å². The van der Waals surface area contributed by atoms with Gasteiger partial charge in [-0.25, -0.2) is 0 Å². The smallest absolute Gasteiger partial charge is 0.0590 e. The van der Waals surface area contributed by atoms with Crippen LogP contribution in [-0.2, 0) is 11.2 Å². The first-order valence-corrected chi connectivity index (χ1v) is 7.28. The second-order valence-corrected chi connectivity index (χ2v) is 6.04. The highest BCUT2D eigenvalue weighted by atomic mass is 16.5. The number of rotatable bonds is 4. The lowest BCUT2D eigenvalue weighted by molar-refractivity contribution is -0.103. The summed E-state index contributed by atoms with van der Waals surface area (Å²) in [6, 6.07) is 10.7. The molecule has 1 atom stereocenters. The maximum absolute atomic E-state index is 9.64. The third kappa shape index (κ3) is 2.83. The molecule has 3 nitrogen and oxygen atoms in total. The van der Waals surface area contributed by atoms with E-state index in [1.807, 2.05) is 6.07 Å². The molecule has 0 aromatic heterocycles. The minimum Gasteiger partial charge on any atom is -0.395 e. The first-order chi connectivity index (χ1) is 9.31. The lowest BCUT2D eigenvalue weighted by Crippen LogP contribution is -2.62. The van der Waals surface area contributed by atoms with Crippen molar-refractivity contribution in [3.8, 4) is 0 Å². The largest absolute Gasteiger partial charge is 0.395 e. The zero-order valence-corrected chi connectivity index (χ0v) is 11.4. The quantitative estimate of drug-likeness (QED) is 0.895. The number of hydrogen-bond donors (Lipinski definition) is 1. The molecule has 0 saturated carbocycles. The van der Waals surface area contributed by atoms with Gasteiger partial charge >= 0.3 is 0 Å². The Morgan fingerprint density at radius 1 is 1.16 bits per heavy atom. The van der Waals surface area contributed by atoms with Crippen LogP contribution in [0.25, 0.3) is 0 Å². The van der Waals surface area contributed by atoms with Gasteiger partial charge in [0.2, 0.25) is 0 Å². The molecule has 0 amide bonds. The second-order valence-electron chi connectivity index (χ2n) is 6.04. The molecule has 1 aromatic carbocycles. The molecular formula is C16H23NO2. The third-order valence-electron chi connectivity index (χ3n) is 4.67. The number of aliphatic hydroxyl groups is 1. The van der Waals surface area contributed by atoms with Crippen LogP contribution in [0.15, 0.2) is 30.3 Å². The van der Waals surface area contributed by atoms with Crippen molar-refractivity contribution in [2.45, 2.75) is 25.3 Å². The van der Waals surface area contributed by atoms with Crippen molar-refractivity contribution in [1.82, 2.24) is 4.90 Å². The van der Waals surface area contributed by atoms with Gasteiger partial charge in [-0.3, -0.25) is 4.90 Å². The standard InChI is InChI=1S/C16H23NO2/c18-11-15(10-14-4-2-1-3-5-14)17-12-16(13-17)6-8-19-9-7-16/h1-5,15,18H,6-13H2/t15-/m0/s1. The molecule has 0 bridgehead atoms. The van der Waals surface area contributed by atoms with Crippen LogP contribution in [-0.4, -0.2) is 49.0 Å². The Morgan fingerprint density at radius 2 is 1.84 bits per heavy atom. The molecule has 3 rings (SSSR count). The number of nitrogens with zero attached hydrogens (tertiary/aromatic N) is 1. The Hall–Kier alpha value is -0.900. The maximum atomic E-state index is 9.64. The number of aliphatic hydroxyl groups excluding tert-OH is 1. The van der Waals surface area contributed by atoms with E-state index in [4.69, 9.17) is 4.74 Å². The zero-order valence-electron chi connectivity index (χ0n) is 11.4. The van der Waals surface area contributed by atoms with Crippen LogP contribution >= 0.6 is 0 Å². The predicted octanol–water partition coefficient (Wildman–Crippen LogP) is 1.70. The predicted molar refractivity (Wildman–Crippen MR) is 75.1 cm³/mol. The number of benzene rings is 1. The van der Waals surface area contributed by atoms with Crippen LogP contribution in [0, 0.1) is 5.41 Å². The normalized spacial score (nSPS) is 24.1. The molecule has 2 heterocycles. The van der Waals surface area contributed by atoms with Gasteiger partial charge in [-0.1, -0.05) is 30.3 Å².